The SMILES string of the molecule is O=C(O)C(=O)NC1CN2CCC1CC2. The van der Waals surface area contributed by atoms with Crippen LogP contribution in [0.1, 0.15) is 12.8 Å². The average Bonchev–Trinajstić information content (AvgIpc) is 2.19. The normalized spacial score (nSPS) is 35.3. The van der Waals surface area contributed by atoms with Crippen LogP contribution in [0.4, 0.5) is 0 Å². The van der Waals surface area contributed by atoms with E-state index >= 15 is 0 Å². The van der Waals surface area contributed by atoms with E-state index in [1.807, 2.05) is 0 Å². The summed E-state index contributed by atoms with van der Waals surface area (Å²) >= 11 is 0. The van der Waals surface area contributed by atoms with E-state index in [4.69, 9.17) is 5.11 Å². The van der Waals surface area contributed by atoms with Crippen molar-refractivity contribution in [1.82, 2.24) is 10.2 Å². The molecule has 3 fully saturated rings. The first-order valence-corrected chi connectivity index (χ1v) is 4.93. The second kappa shape index (κ2) is 3.57. The number of aliphatic carboxylic acids is 1. The molecule has 14 heavy (non-hydrogen) atoms. The Morgan fingerprint density at radius 3 is 2.36 bits per heavy atom. The number of rotatable bonds is 1. The zero-order chi connectivity index (χ0) is 10.1. The lowest BCUT2D eigenvalue weighted by Crippen LogP contribution is -2.58. The van der Waals surface area contributed by atoms with E-state index in [2.05, 4.69) is 10.2 Å². The van der Waals surface area contributed by atoms with Gasteiger partial charge >= 0.3 is 11.9 Å². The smallest absolute Gasteiger partial charge is 0.394 e. The zero-order valence-corrected chi connectivity index (χ0v) is 7.90. The maximum Gasteiger partial charge on any atom is 0.394 e. The maximum absolute atomic E-state index is 11.0. The van der Waals surface area contributed by atoms with E-state index in [9.17, 15) is 9.59 Å². The van der Waals surface area contributed by atoms with E-state index in [-0.39, 0.29) is 6.04 Å². The van der Waals surface area contributed by atoms with Crippen LogP contribution in [-0.2, 0) is 9.59 Å². The highest BCUT2D eigenvalue weighted by Gasteiger charge is 2.35. The zero-order valence-electron chi connectivity index (χ0n) is 7.90. The second-order valence-electron chi connectivity index (χ2n) is 4.02. The third-order valence-electron chi connectivity index (χ3n) is 3.17. The lowest BCUT2D eigenvalue weighted by Gasteiger charge is -2.44. The molecule has 78 valence electrons. The van der Waals surface area contributed by atoms with E-state index in [1.165, 1.54) is 0 Å². The fourth-order valence-corrected chi connectivity index (χ4v) is 2.36. The van der Waals surface area contributed by atoms with Gasteiger partial charge in [-0.15, -0.1) is 0 Å². The minimum atomic E-state index is -1.39. The first-order valence-electron chi connectivity index (χ1n) is 4.93. The molecule has 1 atom stereocenters. The number of nitrogens with zero attached hydrogens (tertiary/aromatic N) is 1. The molecule has 2 bridgehead atoms. The summed E-state index contributed by atoms with van der Waals surface area (Å²) in [5.74, 6) is -1.78. The number of amides is 1. The van der Waals surface area contributed by atoms with Gasteiger partial charge in [0.05, 0.1) is 0 Å². The summed E-state index contributed by atoms with van der Waals surface area (Å²) in [6, 6.07) is 0.0427. The van der Waals surface area contributed by atoms with Crippen LogP contribution in [0.5, 0.6) is 0 Å². The number of nitrogens with one attached hydrogen (secondary N) is 1. The predicted octanol–water partition coefficient (Wildman–Crippen LogP) is -0.719. The van der Waals surface area contributed by atoms with Gasteiger partial charge in [-0.3, -0.25) is 4.79 Å². The first kappa shape index (κ1) is 9.45. The van der Waals surface area contributed by atoms with Crippen LogP contribution in [-0.4, -0.2) is 47.6 Å². The highest BCUT2D eigenvalue weighted by atomic mass is 16.4. The van der Waals surface area contributed by atoms with Gasteiger partial charge in [0.1, 0.15) is 0 Å². The van der Waals surface area contributed by atoms with Gasteiger partial charge in [0.15, 0.2) is 0 Å². The molecule has 5 nitrogen and oxygen atoms in total. The lowest BCUT2D eigenvalue weighted by atomic mass is 9.84. The largest absolute Gasteiger partial charge is 0.474 e. The number of carboxylic acid groups (broad SMARTS) is 1. The van der Waals surface area contributed by atoms with Crippen molar-refractivity contribution >= 4 is 11.9 Å². The Hall–Kier alpha value is -1.10. The molecule has 0 aromatic carbocycles. The Labute approximate surface area is 82.1 Å². The van der Waals surface area contributed by atoms with Crippen LogP contribution in [0.25, 0.3) is 0 Å². The second-order valence-corrected chi connectivity index (χ2v) is 4.02. The number of carbonyl (C=O) groups is 2. The van der Waals surface area contributed by atoms with E-state index in [0.717, 1.165) is 32.5 Å². The topological polar surface area (TPSA) is 69.6 Å². The summed E-state index contributed by atoms with van der Waals surface area (Å²) in [5, 5.41) is 11.0. The van der Waals surface area contributed by atoms with Crippen LogP contribution in [0.3, 0.4) is 0 Å². The van der Waals surface area contributed by atoms with Crippen LogP contribution < -0.4 is 5.32 Å². The lowest BCUT2D eigenvalue weighted by molar-refractivity contribution is -0.151. The number of carbonyl (C=O) groups excluding carboxylic acids is 1. The van der Waals surface area contributed by atoms with Crippen molar-refractivity contribution in [1.29, 1.82) is 0 Å². The molecule has 1 amide bonds. The van der Waals surface area contributed by atoms with Gasteiger partial charge in [-0.1, -0.05) is 0 Å². The number of fused-ring (bicyclic) bond motifs is 3. The monoisotopic (exact) mass is 198 g/mol. The summed E-state index contributed by atoms with van der Waals surface area (Å²) in [5.41, 5.74) is 0. The Bertz CT molecular complexity index is 259. The van der Waals surface area contributed by atoms with Gasteiger partial charge in [0, 0.05) is 12.6 Å². The highest BCUT2D eigenvalue weighted by Crippen LogP contribution is 2.27. The Balaban J connectivity index is 1.93. The van der Waals surface area contributed by atoms with Crippen molar-refractivity contribution in [2.24, 2.45) is 5.92 Å². The van der Waals surface area contributed by atoms with Crippen molar-refractivity contribution < 1.29 is 14.7 Å². The van der Waals surface area contributed by atoms with Gasteiger partial charge in [-0.2, -0.15) is 0 Å². The minimum absolute atomic E-state index is 0.0427. The van der Waals surface area contributed by atoms with Gasteiger partial charge < -0.3 is 15.3 Å². The number of hydrogen-bond donors (Lipinski definition) is 2. The molecule has 3 saturated heterocycles. The molecule has 3 heterocycles. The Kier molecular flexibility index (Phi) is 2.41. The number of piperidine rings is 3. The van der Waals surface area contributed by atoms with Gasteiger partial charge in [-0.25, -0.2) is 4.79 Å². The molecular formula is C9H14N2O3. The summed E-state index contributed by atoms with van der Waals surface area (Å²) in [6.07, 6.45) is 2.15. The molecular weight excluding hydrogens is 184 g/mol. The number of hydrogen-bond acceptors (Lipinski definition) is 3. The van der Waals surface area contributed by atoms with Gasteiger partial charge in [0.25, 0.3) is 0 Å². The Morgan fingerprint density at radius 2 is 1.93 bits per heavy atom. The molecule has 0 aromatic rings. The summed E-state index contributed by atoms with van der Waals surface area (Å²) in [6.45, 7) is 2.98. The summed E-state index contributed by atoms with van der Waals surface area (Å²) in [7, 11) is 0. The van der Waals surface area contributed by atoms with Crippen LogP contribution in [0.15, 0.2) is 0 Å². The number of carboxylic acids is 1. The standard InChI is InChI=1S/C9H14N2O3/c12-8(9(13)14)10-7-5-11-3-1-6(7)2-4-11/h6-7H,1-5H2,(H,10,12)(H,13,14). The first-order chi connectivity index (χ1) is 6.66. The summed E-state index contributed by atoms with van der Waals surface area (Å²) in [4.78, 5) is 23.6. The maximum atomic E-state index is 11.0. The molecule has 3 rings (SSSR count). The molecule has 2 N–H and O–H groups in total. The van der Waals surface area contributed by atoms with Crippen LogP contribution in [0, 0.1) is 5.92 Å². The summed E-state index contributed by atoms with van der Waals surface area (Å²) < 4.78 is 0. The molecule has 0 aromatic heterocycles. The molecule has 3 aliphatic rings. The van der Waals surface area contributed by atoms with E-state index in [0.29, 0.717) is 5.92 Å². The fraction of sp³-hybridized carbons (Fsp3) is 0.778. The molecule has 1 unspecified atom stereocenters. The molecule has 0 saturated carbocycles. The molecule has 0 spiro atoms. The Morgan fingerprint density at radius 1 is 1.29 bits per heavy atom. The van der Waals surface area contributed by atoms with Crippen molar-refractivity contribution in [3.8, 4) is 0 Å². The predicted molar refractivity (Wildman–Crippen MR) is 48.7 cm³/mol. The fourth-order valence-electron chi connectivity index (χ4n) is 2.36. The van der Waals surface area contributed by atoms with Crippen LogP contribution >= 0.6 is 0 Å². The molecule has 0 radical (unpaired) electrons. The third-order valence-corrected chi connectivity index (χ3v) is 3.17. The van der Waals surface area contributed by atoms with Crippen molar-refractivity contribution in [3.63, 3.8) is 0 Å². The van der Waals surface area contributed by atoms with E-state index < -0.39 is 11.9 Å². The molecule has 3 aliphatic heterocycles. The van der Waals surface area contributed by atoms with Crippen molar-refractivity contribution in [3.05, 3.63) is 0 Å². The molecule has 5 heteroatoms. The minimum Gasteiger partial charge on any atom is -0.474 e. The van der Waals surface area contributed by atoms with Gasteiger partial charge in [-0.05, 0) is 31.8 Å². The van der Waals surface area contributed by atoms with Gasteiger partial charge in [0.2, 0.25) is 0 Å². The van der Waals surface area contributed by atoms with Crippen molar-refractivity contribution in [2.45, 2.75) is 18.9 Å². The van der Waals surface area contributed by atoms with Crippen LogP contribution in [0.2, 0.25) is 0 Å². The van der Waals surface area contributed by atoms with Crippen molar-refractivity contribution in [2.75, 3.05) is 19.6 Å². The van der Waals surface area contributed by atoms with E-state index in [1.54, 1.807) is 0 Å². The highest BCUT2D eigenvalue weighted by molar-refractivity contribution is 6.31. The quantitative estimate of drug-likeness (QED) is 0.546. The molecule has 0 aliphatic carbocycles. The average molecular weight is 198 g/mol. The third kappa shape index (κ3) is 1.72.